The quantitative estimate of drug-likeness (QED) is 0.777. The maximum atomic E-state index is 8.89. The zero-order chi connectivity index (χ0) is 12.3. The van der Waals surface area contributed by atoms with Crippen molar-refractivity contribution in [2.24, 2.45) is 0 Å². The molecule has 3 N–H and O–H groups in total. The lowest BCUT2D eigenvalue weighted by atomic mass is 10.1. The van der Waals surface area contributed by atoms with E-state index in [-0.39, 0.29) is 6.61 Å². The number of nitrogen functional groups attached to an aromatic ring is 1. The molecule has 1 aromatic carbocycles. The zero-order valence-corrected chi connectivity index (χ0v) is 9.93. The number of aromatic nitrogens is 1. The number of nitrogens with zero attached hydrogens (tertiary/aromatic N) is 2. The first-order chi connectivity index (χ1) is 8.22. The molecule has 4 nitrogen and oxygen atoms in total. The van der Waals surface area contributed by atoms with Crippen molar-refractivity contribution in [3.8, 4) is 0 Å². The van der Waals surface area contributed by atoms with Crippen molar-refractivity contribution in [1.82, 2.24) is 9.88 Å². The first-order valence-corrected chi connectivity index (χ1v) is 5.64. The lowest BCUT2D eigenvalue weighted by Crippen LogP contribution is -2.21. The van der Waals surface area contributed by atoms with Gasteiger partial charge in [0.2, 0.25) is 0 Å². The van der Waals surface area contributed by atoms with Gasteiger partial charge in [-0.05, 0) is 30.8 Å². The Kier molecular flexibility index (Phi) is 3.56. The lowest BCUT2D eigenvalue weighted by Gasteiger charge is -2.16. The Morgan fingerprint density at radius 3 is 2.94 bits per heavy atom. The predicted molar refractivity (Wildman–Crippen MR) is 69.6 cm³/mol. The fourth-order valence-corrected chi connectivity index (χ4v) is 1.92. The molecule has 0 amide bonds. The van der Waals surface area contributed by atoms with Gasteiger partial charge in [-0.25, -0.2) is 0 Å². The summed E-state index contributed by atoms with van der Waals surface area (Å²) in [6.45, 7) is 1.57. The third kappa shape index (κ3) is 2.54. The minimum Gasteiger partial charge on any atom is -0.398 e. The van der Waals surface area contributed by atoms with Crippen molar-refractivity contribution < 1.29 is 5.11 Å². The maximum absolute atomic E-state index is 8.89. The van der Waals surface area contributed by atoms with E-state index in [0.717, 1.165) is 28.7 Å². The van der Waals surface area contributed by atoms with Crippen LogP contribution in [0.25, 0.3) is 10.9 Å². The highest BCUT2D eigenvalue weighted by Gasteiger charge is 2.07. The summed E-state index contributed by atoms with van der Waals surface area (Å²) in [5, 5.41) is 9.88. The Bertz CT molecular complexity index is 513. The first-order valence-electron chi connectivity index (χ1n) is 5.64. The summed E-state index contributed by atoms with van der Waals surface area (Å²) >= 11 is 0. The van der Waals surface area contributed by atoms with Crippen LogP contribution in [0.15, 0.2) is 30.5 Å². The summed E-state index contributed by atoms with van der Waals surface area (Å²) < 4.78 is 0. The molecule has 90 valence electrons. The summed E-state index contributed by atoms with van der Waals surface area (Å²) in [5.74, 6) is 0. The van der Waals surface area contributed by atoms with E-state index in [1.54, 1.807) is 6.20 Å². The third-order valence-corrected chi connectivity index (χ3v) is 2.81. The van der Waals surface area contributed by atoms with Crippen molar-refractivity contribution in [2.75, 3.05) is 25.9 Å². The van der Waals surface area contributed by atoms with Crippen LogP contribution in [0.1, 0.15) is 5.56 Å². The first kappa shape index (κ1) is 11.8. The molecule has 0 aliphatic carbocycles. The fraction of sp³-hybridized carbons (Fsp3) is 0.308. The number of pyridine rings is 1. The van der Waals surface area contributed by atoms with Gasteiger partial charge in [-0.1, -0.05) is 6.07 Å². The number of hydrogen-bond acceptors (Lipinski definition) is 4. The maximum Gasteiger partial charge on any atom is 0.0767 e. The summed E-state index contributed by atoms with van der Waals surface area (Å²) in [7, 11) is 1.97. The van der Waals surface area contributed by atoms with E-state index >= 15 is 0 Å². The van der Waals surface area contributed by atoms with E-state index in [1.807, 2.05) is 31.3 Å². The second kappa shape index (κ2) is 5.12. The monoisotopic (exact) mass is 231 g/mol. The molecule has 2 rings (SSSR count). The van der Waals surface area contributed by atoms with Gasteiger partial charge in [-0.3, -0.25) is 9.88 Å². The molecule has 0 radical (unpaired) electrons. The van der Waals surface area contributed by atoms with E-state index in [1.165, 1.54) is 0 Å². The third-order valence-electron chi connectivity index (χ3n) is 2.81. The highest BCUT2D eigenvalue weighted by atomic mass is 16.3. The van der Waals surface area contributed by atoms with Crippen LogP contribution in [0, 0.1) is 0 Å². The molecule has 0 aliphatic rings. The van der Waals surface area contributed by atoms with Crippen LogP contribution in [-0.4, -0.2) is 35.2 Å². The van der Waals surface area contributed by atoms with Gasteiger partial charge in [0.15, 0.2) is 0 Å². The molecule has 0 unspecified atom stereocenters. The second-order valence-electron chi connectivity index (χ2n) is 4.17. The fourth-order valence-electron chi connectivity index (χ4n) is 1.92. The molecule has 0 aliphatic heterocycles. The Morgan fingerprint density at radius 2 is 2.18 bits per heavy atom. The van der Waals surface area contributed by atoms with Gasteiger partial charge in [0.05, 0.1) is 12.1 Å². The van der Waals surface area contributed by atoms with Crippen LogP contribution in [0.2, 0.25) is 0 Å². The number of aliphatic hydroxyl groups is 1. The van der Waals surface area contributed by atoms with Crippen LogP contribution in [0.5, 0.6) is 0 Å². The molecular weight excluding hydrogens is 214 g/mol. The molecule has 0 spiro atoms. The Balaban J connectivity index is 2.38. The van der Waals surface area contributed by atoms with Gasteiger partial charge in [-0.2, -0.15) is 0 Å². The topological polar surface area (TPSA) is 62.4 Å². The predicted octanol–water partition coefficient (Wildman–Crippen LogP) is 1.24. The van der Waals surface area contributed by atoms with E-state index in [0.29, 0.717) is 6.54 Å². The van der Waals surface area contributed by atoms with Crippen molar-refractivity contribution in [1.29, 1.82) is 0 Å². The van der Waals surface area contributed by atoms with Crippen molar-refractivity contribution in [3.05, 3.63) is 36.0 Å². The van der Waals surface area contributed by atoms with Crippen LogP contribution in [-0.2, 0) is 6.54 Å². The van der Waals surface area contributed by atoms with E-state index < -0.39 is 0 Å². The van der Waals surface area contributed by atoms with Crippen molar-refractivity contribution in [2.45, 2.75) is 6.54 Å². The average Bonchev–Trinajstić information content (AvgIpc) is 2.34. The highest BCUT2D eigenvalue weighted by molar-refractivity contribution is 5.92. The number of anilines is 1. The number of nitrogens with two attached hydrogens (primary N) is 1. The summed E-state index contributed by atoms with van der Waals surface area (Å²) in [5.41, 5.74) is 8.74. The molecular formula is C13H17N3O. The number of benzene rings is 1. The summed E-state index contributed by atoms with van der Waals surface area (Å²) in [4.78, 5) is 6.44. The molecule has 0 fully saturated rings. The van der Waals surface area contributed by atoms with Gasteiger partial charge in [0, 0.05) is 30.4 Å². The summed E-state index contributed by atoms with van der Waals surface area (Å²) in [6, 6.07) is 7.78. The SMILES string of the molecule is CN(CCO)Cc1ccc(N)c2cccnc12. The van der Waals surface area contributed by atoms with Crippen LogP contribution in [0.3, 0.4) is 0 Å². The molecule has 4 heteroatoms. The molecule has 0 saturated heterocycles. The number of hydrogen-bond donors (Lipinski definition) is 2. The van der Waals surface area contributed by atoms with Crippen LogP contribution < -0.4 is 5.73 Å². The van der Waals surface area contributed by atoms with E-state index in [2.05, 4.69) is 9.88 Å². The van der Waals surface area contributed by atoms with Crippen molar-refractivity contribution >= 4 is 16.6 Å². The van der Waals surface area contributed by atoms with Gasteiger partial charge >= 0.3 is 0 Å². The smallest absolute Gasteiger partial charge is 0.0767 e. The molecule has 17 heavy (non-hydrogen) atoms. The average molecular weight is 231 g/mol. The number of rotatable bonds is 4. The van der Waals surface area contributed by atoms with Gasteiger partial charge < -0.3 is 10.8 Å². The molecule has 2 aromatic rings. The normalized spacial score (nSPS) is 11.2. The molecule has 0 bridgehead atoms. The lowest BCUT2D eigenvalue weighted by molar-refractivity contribution is 0.217. The molecule has 0 saturated carbocycles. The van der Waals surface area contributed by atoms with Gasteiger partial charge in [0.25, 0.3) is 0 Å². The molecule has 1 heterocycles. The Labute approximate surface area is 101 Å². The Hall–Kier alpha value is -1.65. The Morgan fingerprint density at radius 1 is 1.35 bits per heavy atom. The minimum absolute atomic E-state index is 0.164. The zero-order valence-electron chi connectivity index (χ0n) is 9.93. The van der Waals surface area contributed by atoms with Crippen molar-refractivity contribution in [3.63, 3.8) is 0 Å². The molecule has 0 atom stereocenters. The highest BCUT2D eigenvalue weighted by Crippen LogP contribution is 2.23. The second-order valence-corrected chi connectivity index (χ2v) is 4.17. The number of fused-ring (bicyclic) bond motifs is 1. The summed E-state index contributed by atoms with van der Waals surface area (Å²) in [6.07, 6.45) is 1.78. The van der Waals surface area contributed by atoms with Crippen LogP contribution in [0.4, 0.5) is 5.69 Å². The number of likely N-dealkylation sites (N-methyl/N-ethyl adjacent to an activating group) is 1. The van der Waals surface area contributed by atoms with E-state index in [4.69, 9.17) is 10.8 Å². The standard InChI is InChI=1S/C13H17N3O/c1-16(7-8-17)9-10-4-5-12(14)11-3-2-6-15-13(10)11/h2-6,17H,7-9,14H2,1H3. The number of aliphatic hydroxyl groups excluding tert-OH is 1. The van der Waals surface area contributed by atoms with Gasteiger partial charge in [-0.15, -0.1) is 0 Å². The van der Waals surface area contributed by atoms with Crippen LogP contribution >= 0.6 is 0 Å². The van der Waals surface area contributed by atoms with Gasteiger partial charge in [0.1, 0.15) is 0 Å². The largest absolute Gasteiger partial charge is 0.398 e. The van der Waals surface area contributed by atoms with E-state index in [9.17, 15) is 0 Å². The molecule has 1 aromatic heterocycles. The minimum atomic E-state index is 0.164.